The Morgan fingerprint density at radius 3 is 2.30 bits per heavy atom. The van der Waals surface area contributed by atoms with Crippen molar-refractivity contribution in [2.24, 2.45) is 17.8 Å². The van der Waals surface area contributed by atoms with Crippen LogP contribution in [-0.2, 0) is 0 Å². The quantitative estimate of drug-likeness (QED) is 0.504. The highest BCUT2D eigenvalue weighted by molar-refractivity contribution is 5.72. The average molecular weight is 311 g/mol. The minimum atomic E-state index is 0.654. The maximum Gasteiger partial charge on any atom is -0.0139 e. The van der Waals surface area contributed by atoms with Gasteiger partial charge in [0.1, 0.15) is 0 Å². The monoisotopic (exact) mass is 310 g/mol. The van der Waals surface area contributed by atoms with Gasteiger partial charge in [0.05, 0.1) is 0 Å². The van der Waals surface area contributed by atoms with E-state index >= 15 is 0 Å². The van der Waals surface area contributed by atoms with Gasteiger partial charge in [-0.1, -0.05) is 57.5 Å². The first-order valence-electron chi connectivity index (χ1n) is 9.38. The van der Waals surface area contributed by atoms with Gasteiger partial charge in [-0.15, -0.1) is 0 Å². The lowest BCUT2D eigenvalue weighted by Crippen LogP contribution is -2.22. The fourth-order valence-electron chi connectivity index (χ4n) is 4.27. The predicted molar refractivity (Wildman–Crippen MR) is 103 cm³/mol. The summed E-state index contributed by atoms with van der Waals surface area (Å²) in [5.74, 6) is 2.41. The van der Waals surface area contributed by atoms with Gasteiger partial charge in [0, 0.05) is 0 Å². The van der Waals surface area contributed by atoms with Crippen LogP contribution in [0.2, 0.25) is 0 Å². The Morgan fingerprint density at radius 1 is 1.13 bits per heavy atom. The summed E-state index contributed by atoms with van der Waals surface area (Å²) in [5, 5.41) is 0. The summed E-state index contributed by atoms with van der Waals surface area (Å²) in [6.07, 6.45) is 6.78. The summed E-state index contributed by atoms with van der Waals surface area (Å²) in [5.41, 5.74) is 6.92. The molecule has 1 aliphatic rings. The van der Waals surface area contributed by atoms with E-state index in [0.717, 1.165) is 11.8 Å². The van der Waals surface area contributed by atoms with Crippen LogP contribution < -0.4 is 0 Å². The van der Waals surface area contributed by atoms with Crippen LogP contribution >= 0.6 is 0 Å². The second-order valence-corrected chi connectivity index (χ2v) is 7.62. The molecular formula is C23H34. The Balaban J connectivity index is 2.22. The topological polar surface area (TPSA) is 0 Å². The van der Waals surface area contributed by atoms with Gasteiger partial charge in [0.2, 0.25) is 0 Å². The van der Waals surface area contributed by atoms with Crippen molar-refractivity contribution in [1.82, 2.24) is 0 Å². The zero-order chi connectivity index (χ0) is 17.0. The van der Waals surface area contributed by atoms with Gasteiger partial charge in [-0.3, -0.25) is 0 Å². The number of hydrogen-bond donors (Lipinski definition) is 0. The summed E-state index contributed by atoms with van der Waals surface area (Å²) < 4.78 is 0. The maximum atomic E-state index is 4.54. The van der Waals surface area contributed by atoms with Crippen LogP contribution in [0.5, 0.6) is 0 Å². The fraction of sp³-hybridized carbons (Fsp3) is 0.565. The first-order chi connectivity index (χ1) is 11.0. The summed E-state index contributed by atoms with van der Waals surface area (Å²) >= 11 is 0. The van der Waals surface area contributed by atoms with Crippen molar-refractivity contribution in [3.8, 4) is 0 Å². The van der Waals surface area contributed by atoms with E-state index in [1.165, 1.54) is 60.0 Å². The Labute approximate surface area is 143 Å². The summed E-state index contributed by atoms with van der Waals surface area (Å²) in [6, 6.07) is 8.70. The van der Waals surface area contributed by atoms with E-state index in [9.17, 15) is 0 Å². The Kier molecular flexibility index (Phi) is 6.27. The van der Waals surface area contributed by atoms with E-state index in [1.807, 2.05) is 0 Å². The lowest BCUT2D eigenvalue weighted by molar-refractivity contribution is 0.231. The van der Waals surface area contributed by atoms with Gasteiger partial charge in [-0.2, -0.15) is 0 Å². The molecule has 1 saturated carbocycles. The van der Waals surface area contributed by atoms with Crippen molar-refractivity contribution in [2.75, 3.05) is 0 Å². The molecule has 0 N–H and O–H groups in total. The zero-order valence-electron chi connectivity index (χ0n) is 15.8. The van der Waals surface area contributed by atoms with Crippen molar-refractivity contribution < 1.29 is 0 Å². The minimum Gasteiger partial charge on any atom is -0.0953 e. The lowest BCUT2D eigenvalue weighted by Gasteiger charge is -2.34. The van der Waals surface area contributed by atoms with E-state index in [1.54, 1.807) is 0 Å². The molecule has 0 nitrogen and oxygen atoms in total. The van der Waals surface area contributed by atoms with Crippen LogP contribution in [0.1, 0.15) is 70.9 Å². The van der Waals surface area contributed by atoms with Gasteiger partial charge < -0.3 is 0 Å². The van der Waals surface area contributed by atoms with Crippen LogP contribution in [0.25, 0.3) is 5.57 Å². The molecule has 0 amide bonds. The van der Waals surface area contributed by atoms with Gasteiger partial charge in [0.15, 0.2) is 0 Å². The SMILES string of the molecule is C=C(/C(C)=C(\C)c1ccccc1C)C(CC)C1CCC(C)CC1. The number of benzene rings is 1. The number of hydrogen-bond acceptors (Lipinski definition) is 0. The van der Waals surface area contributed by atoms with Crippen LogP contribution in [0, 0.1) is 24.7 Å². The molecule has 1 unspecified atom stereocenters. The largest absolute Gasteiger partial charge is 0.0953 e. The highest BCUT2D eigenvalue weighted by atomic mass is 14.3. The van der Waals surface area contributed by atoms with E-state index in [4.69, 9.17) is 0 Å². The molecule has 0 spiro atoms. The predicted octanol–water partition coefficient (Wildman–Crippen LogP) is 7.20. The van der Waals surface area contributed by atoms with E-state index in [-0.39, 0.29) is 0 Å². The van der Waals surface area contributed by atoms with Gasteiger partial charge in [-0.05, 0) is 85.6 Å². The van der Waals surface area contributed by atoms with E-state index in [0.29, 0.717) is 5.92 Å². The molecule has 1 aromatic carbocycles. The molecule has 0 radical (unpaired) electrons. The number of rotatable bonds is 5. The Hall–Kier alpha value is -1.30. The highest BCUT2D eigenvalue weighted by Crippen LogP contribution is 2.40. The first kappa shape index (κ1) is 18.0. The zero-order valence-corrected chi connectivity index (χ0v) is 15.8. The van der Waals surface area contributed by atoms with Crippen molar-refractivity contribution in [3.05, 3.63) is 53.1 Å². The third-order valence-corrected chi connectivity index (χ3v) is 6.11. The average Bonchev–Trinajstić information content (AvgIpc) is 2.56. The summed E-state index contributed by atoms with van der Waals surface area (Å²) in [6.45, 7) is 16.0. The molecule has 126 valence electrons. The van der Waals surface area contributed by atoms with E-state index < -0.39 is 0 Å². The molecule has 2 rings (SSSR count). The third kappa shape index (κ3) is 4.16. The summed E-state index contributed by atoms with van der Waals surface area (Å²) in [4.78, 5) is 0. The Bertz CT molecular complexity index is 567. The standard InChI is InChI=1S/C23H34/c1-7-22(21-14-12-16(2)13-15-21)19(5)18(4)20(6)23-11-9-8-10-17(23)3/h8-11,16,21-22H,5,7,12-15H2,1-4,6H3/b20-18+. The second-order valence-electron chi connectivity index (χ2n) is 7.62. The van der Waals surface area contributed by atoms with Crippen LogP contribution in [0.4, 0.5) is 0 Å². The maximum absolute atomic E-state index is 4.54. The van der Waals surface area contributed by atoms with Gasteiger partial charge >= 0.3 is 0 Å². The van der Waals surface area contributed by atoms with Crippen molar-refractivity contribution in [1.29, 1.82) is 0 Å². The molecular weight excluding hydrogens is 276 g/mol. The molecule has 1 atom stereocenters. The first-order valence-corrected chi connectivity index (χ1v) is 9.38. The molecule has 1 aliphatic carbocycles. The molecule has 0 heteroatoms. The van der Waals surface area contributed by atoms with Crippen molar-refractivity contribution >= 4 is 5.57 Å². The molecule has 1 aromatic rings. The lowest BCUT2D eigenvalue weighted by atomic mass is 9.71. The van der Waals surface area contributed by atoms with Gasteiger partial charge in [0.25, 0.3) is 0 Å². The minimum absolute atomic E-state index is 0.654. The molecule has 0 bridgehead atoms. The van der Waals surface area contributed by atoms with Crippen LogP contribution in [-0.4, -0.2) is 0 Å². The molecule has 0 saturated heterocycles. The molecule has 0 aromatic heterocycles. The number of allylic oxidation sites excluding steroid dienone is 3. The van der Waals surface area contributed by atoms with Crippen LogP contribution in [0.3, 0.4) is 0 Å². The fourth-order valence-corrected chi connectivity index (χ4v) is 4.27. The molecule has 1 fully saturated rings. The second kappa shape index (κ2) is 7.99. The normalized spacial score (nSPS) is 24.0. The van der Waals surface area contributed by atoms with Crippen molar-refractivity contribution in [2.45, 2.75) is 66.7 Å². The number of aryl methyl sites for hydroxylation is 1. The third-order valence-electron chi connectivity index (χ3n) is 6.11. The van der Waals surface area contributed by atoms with Gasteiger partial charge in [-0.25, -0.2) is 0 Å². The smallest absolute Gasteiger partial charge is 0.0139 e. The van der Waals surface area contributed by atoms with Crippen molar-refractivity contribution in [3.63, 3.8) is 0 Å². The molecule has 0 aliphatic heterocycles. The molecule has 23 heavy (non-hydrogen) atoms. The summed E-state index contributed by atoms with van der Waals surface area (Å²) in [7, 11) is 0. The van der Waals surface area contributed by atoms with Crippen LogP contribution in [0.15, 0.2) is 42.0 Å². The highest BCUT2D eigenvalue weighted by Gasteiger charge is 2.27. The molecule has 0 heterocycles. The Morgan fingerprint density at radius 2 is 1.74 bits per heavy atom. The van der Waals surface area contributed by atoms with E-state index in [2.05, 4.69) is 65.5 Å².